The predicted molar refractivity (Wildman–Crippen MR) is 106 cm³/mol. The number of nitrogens with one attached hydrogen (secondary N) is 1. The lowest BCUT2D eigenvalue weighted by atomic mass is 10.3. The van der Waals surface area contributed by atoms with Gasteiger partial charge in [0.05, 0.1) is 22.8 Å². The Kier molecular flexibility index (Phi) is 4.97. The van der Waals surface area contributed by atoms with Crippen LogP contribution in [0.1, 0.15) is 18.5 Å². The molecule has 0 atom stereocenters. The zero-order valence-electron chi connectivity index (χ0n) is 15.2. The van der Waals surface area contributed by atoms with Crippen LogP contribution in [0.15, 0.2) is 71.8 Å². The maximum atomic E-state index is 12.6. The van der Waals surface area contributed by atoms with Crippen LogP contribution in [0.2, 0.25) is 0 Å². The number of hydrogen-bond donors (Lipinski definition) is 1. The quantitative estimate of drug-likeness (QED) is 0.694. The summed E-state index contributed by atoms with van der Waals surface area (Å²) < 4.78 is 29.4. The van der Waals surface area contributed by atoms with Gasteiger partial charge in [0.1, 0.15) is 0 Å². The summed E-state index contributed by atoms with van der Waals surface area (Å²) in [6.07, 6.45) is 3.16. The summed E-state index contributed by atoms with van der Waals surface area (Å²) in [5.41, 5.74) is 2.25. The Morgan fingerprint density at radius 3 is 2.39 bits per heavy atom. The molecule has 144 valence electrons. The molecule has 4 rings (SSSR count). The molecule has 3 aromatic rings. The molecule has 2 aromatic carbocycles. The molecule has 0 aliphatic carbocycles. The molecule has 0 unspecified atom stereocenters. The second-order valence-corrected chi connectivity index (χ2v) is 8.32. The van der Waals surface area contributed by atoms with Crippen molar-refractivity contribution in [2.75, 3.05) is 11.4 Å². The molecule has 1 aliphatic rings. The van der Waals surface area contributed by atoms with Crippen LogP contribution in [-0.4, -0.2) is 30.7 Å². The highest BCUT2D eigenvalue weighted by molar-refractivity contribution is 7.89. The van der Waals surface area contributed by atoms with Crippen molar-refractivity contribution in [3.05, 3.63) is 72.6 Å². The number of amides is 1. The zero-order valence-corrected chi connectivity index (χ0v) is 16.0. The molecule has 8 heteroatoms. The van der Waals surface area contributed by atoms with Crippen LogP contribution in [0.3, 0.4) is 0 Å². The first-order chi connectivity index (χ1) is 13.5. The van der Waals surface area contributed by atoms with Crippen LogP contribution in [0.5, 0.6) is 0 Å². The standard InChI is InChI=1S/C20H20N4O3S/c25-20-7-4-13-23(20)17-8-10-19(11-9-17)28(26,27)21-15-16-12-14-24(22-16)18-5-2-1-3-6-18/h1-3,5-6,8-12,14,21H,4,7,13,15H2. The van der Waals surface area contributed by atoms with E-state index in [-0.39, 0.29) is 17.3 Å². The molecule has 2 heterocycles. The van der Waals surface area contributed by atoms with Crippen LogP contribution in [0.4, 0.5) is 5.69 Å². The minimum atomic E-state index is -3.67. The smallest absolute Gasteiger partial charge is 0.240 e. The number of sulfonamides is 1. The van der Waals surface area contributed by atoms with E-state index in [1.165, 1.54) is 12.1 Å². The third-order valence-corrected chi connectivity index (χ3v) is 6.06. The average molecular weight is 396 g/mol. The van der Waals surface area contributed by atoms with Crippen molar-refractivity contribution in [2.45, 2.75) is 24.3 Å². The summed E-state index contributed by atoms with van der Waals surface area (Å²) >= 11 is 0. The van der Waals surface area contributed by atoms with E-state index in [0.29, 0.717) is 18.7 Å². The van der Waals surface area contributed by atoms with Crippen molar-refractivity contribution in [1.29, 1.82) is 0 Å². The van der Waals surface area contributed by atoms with Gasteiger partial charge in [-0.1, -0.05) is 18.2 Å². The molecule has 1 N–H and O–H groups in total. The van der Waals surface area contributed by atoms with Gasteiger partial charge in [-0.15, -0.1) is 0 Å². The van der Waals surface area contributed by atoms with Gasteiger partial charge in [0.15, 0.2) is 0 Å². The Morgan fingerprint density at radius 2 is 1.71 bits per heavy atom. The summed E-state index contributed by atoms with van der Waals surface area (Å²) in [7, 11) is -3.67. The van der Waals surface area contributed by atoms with Gasteiger partial charge in [0, 0.05) is 24.8 Å². The average Bonchev–Trinajstić information content (AvgIpc) is 3.36. The van der Waals surface area contributed by atoms with Gasteiger partial charge in [-0.2, -0.15) is 5.10 Å². The monoisotopic (exact) mass is 396 g/mol. The molecule has 7 nitrogen and oxygen atoms in total. The third kappa shape index (κ3) is 3.83. The summed E-state index contributed by atoms with van der Waals surface area (Å²) in [4.78, 5) is 13.6. The van der Waals surface area contributed by atoms with Gasteiger partial charge in [0.2, 0.25) is 15.9 Å². The summed E-state index contributed by atoms with van der Waals surface area (Å²) in [6.45, 7) is 0.766. The topological polar surface area (TPSA) is 84.3 Å². The second kappa shape index (κ2) is 7.57. The van der Waals surface area contributed by atoms with Crippen molar-refractivity contribution in [3.8, 4) is 5.69 Å². The van der Waals surface area contributed by atoms with E-state index in [2.05, 4.69) is 9.82 Å². The number of rotatable bonds is 6. The van der Waals surface area contributed by atoms with E-state index in [1.807, 2.05) is 30.3 Å². The molecule has 1 saturated heterocycles. The van der Waals surface area contributed by atoms with Crippen molar-refractivity contribution in [1.82, 2.24) is 14.5 Å². The Morgan fingerprint density at radius 1 is 0.964 bits per heavy atom. The van der Waals surface area contributed by atoms with Crippen molar-refractivity contribution >= 4 is 21.6 Å². The minimum Gasteiger partial charge on any atom is -0.312 e. The van der Waals surface area contributed by atoms with Crippen LogP contribution in [0, 0.1) is 0 Å². The summed E-state index contributed by atoms with van der Waals surface area (Å²) in [5.74, 6) is 0.0720. The maximum Gasteiger partial charge on any atom is 0.240 e. The molecular weight excluding hydrogens is 376 g/mol. The lowest BCUT2D eigenvalue weighted by Crippen LogP contribution is -2.25. The number of hydrogen-bond acceptors (Lipinski definition) is 4. The molecule has 1 aliphatic heterocycles. The first-order valence-corrected chi connectivity index (χ1v) is 10.5. The highest BCUT2D eigenvalue weighted by atomic mass is 32.2. The first-order valence-electron chi connectivity index (χ1n) is 9.03. The maximum absolute atomic E-state index is 12.6. The van der Waals surface area contributed by atoms with Crippen molar-refractivity contribution < 1.29 is 13.2 Å². The van der Waals surface area contributed by atoms with Crippen LogP contribution in [0.25, 0.3) is 5.69 Å². The van der Waals surface area contributed by atoms with E-state index in [4.69, 9.17) is 0 Å². The van der Waals surface area contributed by atoms with Crippen LogP contribution < -0.4 is 9.62 Å². The van der Waals surface area contributed by atoms with Crippen LogP contribution in [-0.2, 0) is 21.4 Å². The van der Waals surface area contributed by atoms with Crippen molar-refractivity contribution in [2.24, 2.45) is 0 Å². The predicted octanol–water partition coefficient (Wildman–Crippen LogP) is 2.48. The Labute approximate surface area is 163 Å². The van der Waals surface area contributed by atoms with E-state index >= 15 is 0 Å². The Balaban J connectivity index is 1.43. The molecule has 0 spiro atoms. The normalized spacial score (nSPS) is 14.6. The molecule has 1 fully saturated rings. The number of anilines is 1. The zero-order chi connectivity index (χ0) is 19.6. The van der Waals surface area contributed by atoms with Gasteiger partial charge < -0.3 is 4.90 Å². The minimum absolute atomic E-state index is 0.0720. The fraction of sp³-hybridized carbons (Fsp3) is 0.200. The van der Waals surface area contributed by atoms with E-state index in [1.54, 1.807) is 34.0 Å². The molecule has 28 heavy (non-hydrogen) atoms. The number of carbonyl (C=O) groups excluding carboxylic acids is 1. The van der Waals surface area contributed by atoms with Gasteiger partial charge in [-0.25, -0.2) is 17.8 Å². The van der Waals surface area contributed by atoms with Gasteiger partial charge in [0.25, 0.3) is 0 Å². The molecule has 0 radical (unpaired) electrons. The second-order valence-electron chi connectivity index (χ2n) is 6.55. The Hall–Kier alpha value is -2.97. The SMILES string of the molecule is O=C1CCCN1c1ccc(S(=O)(=O)NCc2ccn(-c3ccccc3)n2)cc1. The van der Waals surface area contributed by atoms with Gasteiger partial charge in [-0.3, -0.25) is 4.79 Å². The van der Waals surface area contributed by atoms with Crippen LogP contribution >= 0.6 is 0 Å². The number of benzene rings is 2. The highest BCUT2D eigenvalue weighted by Gasteiger charge is 2.22. The van der Waals surface area contributed by atoms with Gasteiger partial charge in [-0.05, 0) is 48.9 Å². The highest BCUT2D eigenvalue weighted by Crippen LogP contribution is 2.23. The number of carbonyl (C=O) groups is 1. The molecule has 0 saturated carbocycles. The van der Waals surface area contributed by atoms with Crippen molar-refractivity contribution in [3.63, 3.8) is 0 Å². The Bertz CT molecular complexity index is 1080. The first kappa shape index (κ1) is 18.4. The lowest BCUT2D eigenvalue weighted by molar-refractivity contribution is -0.117. The summed E-state index contributed by atoms with van der Waals surface area (Å²) in [6, 6.07) is 17.8. The fourth-order valence-electron chi connectivity index (χ4n) is 3.16. The number of para-hydroxylation sites is 1. The largest absolute Gasteiger partial charge is 0.312 e. The lowest BCUT2D eigenvalue weighted by Gasteiger charge is -2.16. The van der Waals surface area contributed by atoms with E-state index < -0.39 is 10.0 Å². The molecular formula is C20H20N4O3S. The molecule has 1 amide bonds. The number of nitrogens with zero attached hydrogens (tertiary/aromatic N) is 3. The van der Waals surface area contributed by atoms with E-state index in [9.17, 15) is 13.2 Å². The number of aromatic nitrogens is 2. The fourth-order valence-corrected chi connectivity index (χ4v) is 4.16. The summed E-state index contributed by atoms with van der Waals surface area (Å²) in [5, 5.41) is 4.40. The molecule has 0 bridgehead atoms. The third-order valence-electron chi connectivity index (χ3n) is 4.64. The van der Waals surface area contributed by atoms with Gasteiger partial charge >= 0.3 is 0 Å². The molecule has 1 aromatic heterocycles. The van der Waals surface area contributed by atoms with E-state index in [0.717, 1.165) is 17.8 Å².